The average molecular weight is 259 g/mol. The van der Waals surface area contributed by atoms with Crippen LogP contribution >= 0.6 is 0 Å². The van der Waals surface area contributed by atoms with E-state index in [-0.39, 0.29) is 6.04 Å². The van der Waals surface area contributed by atoms with Gasteiger partial charge in [0, 0.05) is 30.8 Å². The Morgan fingerprint density at radius 3 is 2.95 bits per heavy atom. The minimum absolute atomic E-state index is 0.0777. The van der Waals surface area contributed by atoms with Crippen LogP contribution in [0.25, 0.3) is 10.9 Å². The second-order valence-corrected chi connectivity index (χ2v) is 4.58. The van der Waals surface area contributed by atoms with Crippen molar-refractivity contribution in [2.45, 2.75) is 25.8 Å². The van der Waals surface area contributed by atoms with Gasteiger partial charge < -0.3 is 4.74 Å². The molecular weight excluding hydrogens is 238 g/mol. The van der Waals surface area contributed by atoms with Gasteiger partial charge in [-0.1, -0.05) is 25.1 Å². The first-order valence-corrected chi connectivity index (χ1v) is 6.73. The first-order valence-electron chi connectivity index (χ1n) is 6.73. The first kappa shape index (κ1) is 13.9. The molecule has 0 amide bonds. The van der Waals surface area contributed by atoms with Crippen LogP contribution < -0.4 is 11.3 Å². The maximum atomic E-state index is 5.63. The number of nitrogens with two attached hydrogens (primary N) is 1. The molecule has 0 spiro atoms. The number of aromatic nitrogens is 1. The number of ether oxygens (including phenoxy) is 1. The molecule has 0 radical (unpaired) electrons. The van der Waals surface area contributed by atoms with E-state index in [9.17, 15) is 0 Å². The average Bonchev–Trinajstić information content (AvgIpc) is 2.47. The summed E-state index contributed by atoms with van der Waals surface area (Å²) in [5.41, 5.74) is 4.94. The lowest BCUT2D eigenvalue weighted by Crippen LogP contribution is -2.29. The van der Waals surface area contributed by atoms with Gasteiger partial charge in [0.2, 0.25) is 0 Å². The highest BCUT2D eigenvalue weighted by Gasteiger charge is 2.10. The minimum atomic E-state index is 0.0777. The molecule has 0 bridgehead atoms. The number of hydrogen-bond donors (Lipinski definition) is 2. The molecular formula is C15H21N3O. The Balaban J connectivity index is 2.07. The van der Waals surface area contributed by atoms with Gasteiger partial charge in [0.25, 0.3) is 0 Å². The third-order valence-corrected chi connectivity index (χ3v) is 3.11. The molecule has 0 aliphatic carbocycles. The van der Waals surface area contributed by atoms with E-state index in [2.05, 4.69) is 29.5 Å². The van der Waals surface area contributed by atoms with Crippen molar-refractivity contribution < 1.29 is 4.74 Å². The van der Waals surface area contributed by atoms with E-state index in [1.807, 2.05) is 24.4 Å². The topological polar surface area (TPSA) is 60.2 Å². The van der Waals surface area contributed by atoms with E-state index < -0.39 is 0 Å². The molecule has 102 valence electrons. The van der Waals surface area contributed by atoms with Crippen molar-refractivity contribution in [2.75, 3.05) is 13.2 Å². The molecule has 3 N–H and O–H groups in total. The number of rotatable bonds is 7. The van der Waals surface area contributed by atoms with Gasteiger partial charge in [0.15, 0.2) is 0 Å². The molecule has 0 aliphatic heterocycles. The lowest BCUT2D eigenvalue weighted by Gasteiger charge is -2.16. The fourth-order valence-corrected chi connectivity index (χ4v) is 2.07. The number of benzene rings is 1. The third kappa shape index (κ3) is 3.73. The Morgan fingerprint density at radius 2 is 2.16 bits per heavy atom. The molecule has 4 heteroatoms. The second-order valence-electron chi connectivity index (χ2n) is 4.58. The summed E-state index contributed by atoms with van der Waals surface area (Å²) >= 11 is 0. The molecule has 4 nitrogen and oxygen atoms in total. The van der Waals surface area contributed by atoms with E-state index in [4.69, 9.17) is 10.6 Å². The molecule has 2 rings (SSSR count). The highest BCUT2D eigenvalue weighted by Crippen LogP contribution is 2.20. The summed E-state index contributed by atoms with van der Waals surface area (Å²) in [5, 5.41) is 1.13. The molecule has 1 heterocycles. The molecule has 1 aromatic carbocycles. The van der Waals surface area contributed by atoms with E-state index >= 15 is 0 Å². The quantitative estimate of drug-likeness (QED) is 0.456. The van der Waals surface area contributed by atoms with E-state index in [1.165, 1.54) is 0 Å². The highest BCUT2D eigenvalue weighted by molar-refractivity contribution is 5.78. The van der Waals surface area contributed by atoms with Crippen LogP contribution in [-0.2, 0) is 4.74 Å². The summed E-state index contributed by atoms with van der Waals surface area (Å²) < 4.78 is 5.51. The van der Waals surface area contributed by atoms with Gasteiger partial charge in [-0.3, -0.25) is 16.3 Å². The first-order chi connectivity index (χ1) is 9.35. The zero-order chi connectivity index (χ0) is 13.5. The molecule has 1 unspecified atom stereocenters. The van der Waals surface area contributed by atoms with Gasteiger partial charge in [-0.25, -0.2) is 0 Å². The van der Waals surface area contributed by atoms with Crippen molar-refractivity contribution >= 4 is 10.9 Å². The zero-order valence-electron chi connectivity index (χ0n) is 11.3. The Bertz CT molecular complexity index is 515. The largest absolute Gasteiger partial charge is 0.381 e. The Hall–Kier alpha value is -1.49. The van der Waals surface area contributed by atoms with Gasteiger partial charge >= 0.3 is 0 Å². The predicted molar refractivity (Wildman–Crippen MR) is 77.5 cm³/mol. The molecule has 19 heavy (non-hydrogen) atoms. The molecule has 1 atom stereocenters. The minimum Gasteiger partial charge on any atom is -0.381 e. The van der Waals surface area contributed by atoms with Gasteiger partial charge in [0.05, 0.1) is 5.52 Å². The highest BCUT2D eigenvalue weighted by atomic mass is 16.5. The smallest absolute Gasteiger partial charge is 0.0702 e. The van der Waals surface area contributed by atoms with Gasteiger partial charge in [-0.05, 0) is 30.5 Å². The summed E-state index contributed by atoms with van der Waals surface area (Å²) in [6, 6.07) is 10.3. The van der Waals surface area contributed by atoms with Gasteiger partial charge in [-0.2, -0.15) is 0 Å². The molecule has 1 aromatic heterocycles. The van der Waals surface area contributed by atoms with Crippen LogP contribution in [0.1, 0.15) is 31.4 Å². The summed E-state index contributed by atoms with van der Waals surface area (Å²) in [5.74, 6) is 5.63. The van der Waals surface area contributed by atoms with Crippen molar-refractivity contribution in [1.29, 1.82) is 0 Å². The Morgan fingerprint density at radius 1 is 1.32 bits per heavy atom. The fourth-order valence-electron chi connectivity index (χ4n) is 2.07. The summed E-state index contributed by atoms with van der Waals surface area (Å²) in [4.78, 5) is 4.46. The lowest BCUT2D eigenvalue weighted by atomic mass is 10.0. The van der Waals surface area contributed by atoms with Crippen LogP contribution in [0.3, 0.4) is 0 Å². The van der Waals surface area contributed by atoms with Crippen molar-refractivity contribution in [3.05, 3.63) is 42.1 Å². The molecule has 0 saturated carbocycles. The normalized spacial score (nSPS) is 12.7. The SMILES string of the molecule is CCCOCCC(NN)c1cnc2ccccc2c1. The van der Waals surface area contributed by atoms with Crippen LogP contribution in [0.5, 0.6) is 0 Å². The maximum absolute atomic E-state index is 5.63. The van der Waals surface area contributed by atoms with Gasteiger partial charge in [0.1, 0.15) is 0 Å². The Kier molecular flexibility index (Phi) is 5.27. The van der Waals surface area contributed by atoms with E-state index in [0.717, 1.165) is 35.9 Å². The molecule has 2 aromatic rings. The maximum Gasteiger partial charge on any atom is 0.0702 e. The zero-order valence-corrected chi connectivity index (χ0v) is 11.3. The van der Waals surface area contributed by atoms with E-state index in [0.29, 0.717) is 6.61 Å². The van der Waals surface area contributed by atoms with Gasteiger partial charge in [-0.15, -0.1) is 0 Å². The Labute approximate surface area is 113 Å². The van der Waals surface area contributed by atoms with Crippen LogP contribution in [0.2, 0.25) is 0 Å². The van der Waals surface area contributed by atoms with Crippen LogP contribution in [0, 0.1) is 0 Å². The van der Waals surface area contributed by atoms with E-state index in [1.54, 1.807) is 0 Å². The van der Waals surface area contributed by atoms with Crippen LogP contribution in [-0.4, -0.2) is 18.2 Å². The summed E-state index contributed by atoms with van der Waals surface area (Å²) in [6.45, 7) is 3.61. The molecule has 0 fully saturated rings. The number of fused-ring (bicyclic) bond motifs is 1. The third-order valence-electron chi connectivity index (χ3n) is 3.11. The van der Waals surface area contributed by atoms with Crippen molar-refractivity contribution in [1.82, 2.24) is 10.4 Å². The lowest BCUT2D eigenvalue weighted by molar-refractivity contribution is 0.124. The number of nitrogens with zero attached hydrogens (tertiary/aromatic N) is 1. The number of pyridine rings is 1. The monoisotopic (exact) mass is 259 g/mol. The standard InChI is InChI=1S/C15H21N3O/c1-2-8-19-9-7-15(18-16)13-10-12-5-3-4-6-14(12)17-11-13/h3-6,10-11,15,18H,2,7-9,16H2,1H3. The number of nitrogens with one attached hydrogen (secondary N) is 1. The van der Waals surface area contributed by atoms with Crippen molar-refractivity contribution in [3.8, 4) is 0 Å². The fraction of sp³-hybridized carbons (Fsp3) is 0.400. The van der Waals surface area contributed by atoms with Crippen molar-refractivity contribution in [3.63, 3.8) is 0 Å². The number of para-hydroxylation sites is 1. The number of hydrogen-bond acceptors (Lipinski definition) is 4. The molecule has 0 saturated heterocycles. The second kappa shape index (κ2) is 7.19. The summed E-state index contributed by atoms with van der Waals surface area (Å²) in [6.07, 6.45) is 3.77. The predicted octanol–water partition coefficient (Wildman–Crippen LogP) is 2.56. The number of hydrazine groups is 1. The van der Waals surface area contributed by atoms with Crippen LogP contribution in [0.4, 0.5) is 0 Å². The van der Waals surface area contributed by atoms with Crippen molar-refractivity contribution in [2.24, 2.45) is 5.84 Å². The summed E-state index contributed by atoms with van der Waals surface area (Å²) in [7, 11) is 0. The molecule has 0 aliphatic rings. The van der Waals surface area contributed by atoms with Crippen LogP contribution in [0.15, 0.2) is 36.5 Å².